The molecule has 0 saturated carbocycles. The molecule has 0 unspecified atom stereocenters. The number of nitrogens with one attached hydrogen (secondary N) is 1. The van der Waals surface area contributed by atoms with Gasteiger partial charge in [0.25, 0.3) is 11.8 Å². The zero-order valence-corrected chi connectivity index (χ0v) is 18.7. The molecule has 0 radical (unpaired) electrons. The molecule has 1 aromatic heterocycles. The Morgan fingerprint density at radius 3 is 2.67 bits per heavy atom. The second-order valence-electron chi connectivity index (χ2n) is 9.19. The molecule has 2 aliphatic heterocycles. The van der Waals surface area contributed by atoms with E-state index in [-0.39, 0.29) is 34.9 Å². The van der Waals surface area contributed by atoms with E-state index in [1.54, 1.807) is 4.90 Å². The van der Waals surface area contributed by atoms with Crippen molar-refractivity contribution in [1.82, 2.24) is 14.9 Å². The molecular weight excluding hydrogens is 434 g/mol. The molecule has 33 heavy (non-hydrogen) atoms. The van der Waals surface area contributed by atoms with Gasteiger partial charge in [-0.2, -0.15) is 0 Å². The number of hydrogen-bond acceptors (Lipinski definition) is 5. The Hall–Kier alpha value is -3.43. The van der Waals surface area contributed by atoms with Crippen LogP contribution in [-0.4, -0.2) is 45.8 Å². The summed E-state index contributed by atoms with van der Waals surface area (Å²) in [5.41, 5.74) is -1.51. The number of carbonyl (C=O) groups excluding carboxylic acids is 2. The molecule has 0 spiro atoms. The molecule has 0 aliphatic carbocycles. The van der Waals surface area contributed by atoms with E-state index in [2.05, 4.69) is 19.2 Å². The second kappa shape index (κ2) is 8.17. The van der Waals surface area contributed by atoms with Gasteiger partial charge >= 0.3 is 0 Å². The largest absolute Gasteiger partial charge is 0.502 e. The van der Waals surface area contributed by atoms with Gasteiger partial charge < -0.3 is 15.3 Å². The van der Waals surface area contributed by atoms with Gasteiger partial charge in [-0.05, 0) is 31.2 Å². The molecule has 1 fully saturated rings. The number of halogens is 2. The van der Waals surface area contributed by atoms with Crippen LogP contribution in [0, 0.1) is 17.0 Å². The molecule has 1 saturated heterocycles. The van der Waals surface area contributed by atoms with Crippen molar-refractivity contribution >= 4 is 11.8 Å². The Balaban J connectivity index is 1.70. The summed E-state index contributed by atoms with van der Waals surface area (Å²) < 4.78 is 28.4. The van der Waals surface area contributed by atoms with Crippen LogP contribution in [0.2, 0.25) is 0 Å². The van der Waals surface area contributed by atoms with Gasteiger partial charge in [0.05, 0.1) is 0 Å². The fourth-order valence-corrected chi connectivity index (χ4v) is 4.50. The monoisotopic (exact) mass is 460 g/mol. The van der Waals surface area contributed by atoms with Crippen molar-refractivity contribution < 1.29 is 23.5 Å². The van der Waals surface area contributed by atoms with Crippen LogP contribution in [0.25, 0.3) is 0 Å². The van der Waals surface area contributed by atoms with Crippen LogP contribution in [0.5, 0.6) is 5.75 Å². The first-order valence-corrected chi connectivity index (χ1v) is 10.8. The van der Waals surface area contributed by atoms with Crippen LogP contribution in [0.15, 0.2) is 29.2 Å². The Morgan fingerprint density at radius 2 is 2.00 bits per heavy atom. The minimum atomic E-state index is -0.987. The Morgan fingerprint density at radius 1 is 1.27 bits per heavy atom. The lowest BCUT2D eigenvalue weighted by molar-refractivity contribution is 0.0407. The molecule has 2 N–H and O–H groups in total. The van der Waals surface area contributed by atoms with E-state index in [1.165, 1.54) is 16.9 Å². The topological polar surface area (TPSA) is 94.9 Å². The van der Waals surface area contributed by atoms with Crippen molar-refractivity contribution in [1.29, 1.82) is 0 Å². The van der Waals surface area contributed by atoms with E-state index >= 15 is 0 Å². The molecule has 176 valence electrons. The van der Waals surface area contributed by atoms with E-state index < -0.39 is 34.6 Å². The molecule has 8 nitrogen and oxygen atoms in total. The van der Waals surface area contributed by atoms with Crippen molar-refractivity contribution in [3.8, 4) is 5.75 Å². The van der Waals surface area contributed by atoms with Crippen LogP contribution >= 0.6 is 0 Å². The lowest BCUT2D eigenvalue weighted by Gasteiger charge is -2.52. The summed E-state index contributed by atoms with van der Waals surface area (Å²) in [4.78, 5) is 40.3. The molecule has 3 heterocycles. The Kier molecular flexibility index (Phi) is 5.63. The predicted molar refractivity (Wildman–Crippen MR) is 116 cm³/mol. The number of fused-ring (bicyclic) bond motifs is 3. The third-order valence-corrected chi connectivity index (χ3v) is 6.40. The summed E-state index contributed by atoms with van der Waals surface area (Å²) in [5.74, 6) is -3.70. The van der Waals surface area contributed by atoms with Gasteiger partial charge in [-0.25, -0.2) is 8.78 Å². The number of aromatic hydroxyl groups is 1. The zero-order valence-electron chi connectivity index (χ0n) is 18.7. The highest BCUT2D eigenvalue weighted by molar-refractivity contribution is 5.99. The lowest BCUT2D eigenvalue weighted by atomic mass is 9.80. The van der Waals surface area contributed by atoms with E-state index in [0.29, 0.717) is 25.6 Å². The summed E-state index contributed by atoms with van der Waals surface area (Å²) in [7, 11) is 0. The minimum Gasteiger partial charge on any atom is -0.502 e. The van der Waals surface area contributed by atoms with E-state index in [4.69, 9.17) is 0 Å². The van der Waals surface area contributed by atoms with Crippen LogP contribution < -0.4 is 15.8 Å². The van der Waals surface area contributed by atoms with Crippen LogP contribution in [-0.2, 0) is 6.54 Å². The molecule has 0 bridgehead atoms. The van der Waals surface area contributed by atoms with Crippen molar-refractivity contribution in [2.75, 3.05) is 18.1 Å². The van der Waals surface area contributed by atoms with Gasteiger partial charge in [0, 0.05) is 37.5 Å². The van der Waals surface area contributed by atoms with Crippen molar-refractivity contribution in [2.45, 2.75) is 46.3 Å². The van der Waals surface area contributed by atoms with Crippen molar-refractivity contribution in [3.63, 3.8) is 0 Å². The number of benzene rings is 1. The molecule has 1 atom stereocenters. The maximum atomic E-state index is 13.9. The van der Waals surface area contributed by atoms with E-state index in [9.17, 15) is 28.3 Å². The maximum Gasteiger partial charge on any atom is 0.278 e. The third-order valence-electron chi connectivity index (χ3n) is 6.40. The van der Waals surface area contributed by atoms with E-state index in [1.807, 2.05) is 11.9 Å². The summed E-state index contributed by atoms with van der Waals surface area (Å²) in [6, 6.07) is 2.96. The van der Waals surface area contributed by atoms with E-state index in [0.717, 1.165) is 12.5 Å². The minimum absolute atomic E-state index is 0.00706. The smallest absolute Gasteiger partial charge is 0.278 e. The summed E-state index contributed by atoms with van der Waals surface area (Å²) >= 11 is 0. The molecule has 2 aromatic rings. The van der Waals surface area contributed by atoms with Gasteiger partial charge in [0.2, 0.25) is 5.43 Å². The lowest BCUT2D eigenvalue weighted by Crippen LogP contribution is -2.65. The highest BCUT2D eigenvalue weighted by atomic mass is 19.1. The number of aromatic nitrogens is 1. The number of hydrogen-bond donors (Lipinski definition) is 2. The molecule has 4 rings (SSSR count). The number of piperidine rings is 1. The first-order chi connectivity index (χ1) is 15.5. The molecule has 2 aliphatic rings. The third kappa shape index (κ3) is 3.94. The van der Waals surface area contributed by atoms with Gasteiger partial charge in [-0.3, -0.25) is 24.1 Å². The normalized spacial score (nSPS) is 19.2. The first-order valence-electron chi connectivity index (χ1n) is 10.8. The number of carbonyl (C=O) groups is 2. The second-order valence-corrected chi connectivity index (χ2v) is 9.19. The van der Waals surface area contributed by atoms with Gasteiger partial charge in [0.1, 0.15) is 23.4 Å². The maximum absolute atomic E-state index is 13.9. The number of nitrogens with zero attached hydrogens (tertiary/aromatic N) is 3. The molecular formula is C23H26F2N4O4. The number of rotatable bonds is 4. The molecule has 1 aromatic carbocycles. The highest BCUT2D eigenvalue weighted by Gasteiger charge is 2.44. The van der Waals surface area contributed by atoms with Crippen molar-refractivity contribution in [3.05, 3.63) is 63.1 Å². The van der Waals surface area contributed by atoms with Crippen molar-refractivity contribution in [2.24, 2.45) is 5.41 Å². The molecule has 2 amide bonds. The average Bonchev–Trinajstić information content (AvgIpc) is 2.74. The Bertz CT molecular complexity index is 1190. The number of amides is 2. The van der Waals surface area contributed by atoms with Gasteiger partial charge in [-0.1, -0.05) is 19.9 Å². The summed E-state index contributed by atoms with van der Waals surface area (Å²) in [6.07, 6.45) is 2.46. The number of pyridine rings is 1. The average molecular weight is 460 g/mol. The Labute approximate surface area is 189 Å². The highest BCUT2D eigenvalue weighted by Crippen LogP contribution is 2.37. The molecule has 10 heteroatoms. The predicted octanol–water partition coefficient (Wildman–Crippen LogP) is 2.32. The quantitative estimate of drug-likeness (QED) is 0.730. The van der Waals surface area contributed by atoms with Crippen LogP contribution in [0.1, 0.15) is 60.0 Å². The van der Waals surface area contributed by atoms with Crippen LogP contribution in [0.4, 0.5) is 8.78 Å². The fraction of sp³-hybridized carbons (Fsp3) is 0.435. The van der Waals surface area contributed by atoms with Gasteiger partial charge in [0.15, 0.2) is 11.4 Å². The fourth-order valence-electron chi connectivity index (χ4n) is 4.50. The zero-order chi connectivity index (χ0) is 24.1. The van der Waals surface area contributed by atoms with Crippen LogP contribution in [0.3, 0.4) is 0 Å². The standard InChI is InChI=1S/C23H26F2N4O4/c1-4-27-17-10-23(2,3)7-8-28(17)29-12-15(19(30)20(31)18(29)22(27)33)21(32)26-11-13-5-6-14(24)9-16(13)25/h5-6,9,12,17,31H,4,7-8,10-11H2,1-3H3,(H,26,32)/t17-/m0/s1. The first kappa shape index (κ1) is 22.8. The van der Waals surface area contributed by atoms with Gasteiger partial charge in [-0.15, -0.1) is 0 Å². The SMILES string of the molecule is CCN1C(=O)c2c(O)c(=O)c(C(=O)NCc3ccc(F)cc3F)cn2N2CCC(C)(C)C[C@@H]12. The summed E-state index contributed by atoms with van der Waals surface area (Å²) in [5, 5.41) is 14.9. The summed E-state index contributed by atoms with van der Waals surface area (Å²) in [6.45, 7) is 6.74.